The number of rotatable bonds is 3. The molecule has 7 rings (SSSR count). The first-order valence-electron chi connectivity index (χ1n) is 12.4. The van der Waals surface area contributed by atoms with Crippen molar-refractivity contribution in [3.8, 4) is 66.8 Å². The highest BCUT2D eigenvalue weighted by Gasteiger charge is 2.16. The zero-order chi connectivity index (χ0) is 23.9. The van der Waals surface area contributed by atoms with Crippen molar-refractivity contribution < 1.29 is 0 Å². The largest absolute Gasteiger partial charge is 0.0622 e. The van der Waals surface area contributed by atoms with Crippen LogP contribution in [0.15, 0.2) is 146 Å². The van der Waals surface area contributed by atoms with Crippen LogP contribution in [0.5, 0.6) is 0 Å². The summed E-state index contributed by atoms with van der Waals surface area (Å²) in [4.78, 5) is 0. The maximum absolute atomic E-state index is 2.37. The van der Waals surface area contributed by atoms with Gasteiger partial charge in [-0.15, -0.1) is 0 Å². The molecule has 0 saturated heterocycles. The van der Waals surface area contributed by atoms with Gasteiger partial charge in [-0.05, 0) is 109 Å². The van der Waals surface area contributed by atoms with Gasteiger partial charge in [0.25, 0.3) is 0 Å². The number of benzene rings is 1. The molecule has 0 nitrogen and oxygen atoms in total. The normalized spacial score (nSPS) is 11.3. The maximum Gasteiger partial charge on any atom is -0.00988 e. The van der Waals surface area contributed by atoms with E-state index in [1.165, 1.54) is 66.8 Å². The highest BCUT2D eigenvalue weighted by Crippen LogP contribution is 2.43. The molecule has 168 valence electrons. The van der Waals surface area contributed by atoms with Crippen molar-refractivity contribution in [3.63, 3.8) is 0 Å². The summed E-state index contributed by atoms with van der Waals surface area (Å²) in [7, 11) is 0. The van der Waals surface area contributed by atoms with Crippen LogP contribution in [0.4, 0.5) is 0 Å². The summed E-state index contributed by atoms with van der Waals surface area (Å²) in [6.07, 6.45) is 0. The van der Waals surface area contributed by atoms with Crippen LogP contribution in [-0.2, 0) is 0 Å². The number of hydrogen-bond acceptors (Lipinski definition) is 0. The quantitative estimate of drug-likeness (QED) is 0.248. The SMILES string of the molecule is c1ccc2cc(-c3ccc(-c4cc5cccccc-5c4)c(-c4cc5cccccc-5c4)c3)cc-2cc1. The van der Waals surface area contributed by atoms with Gasteiger partial charge in [0.2, 0.25) is 0 Å². The van der Waals surface area contributed by atoms with Gasteiger partial charge in [-0.1, -0.05) is 103 Å². The Bertz CT molecular complexity index is 1650. The van der Waals surface area contributed by atoms with Crippen LogP contribution >= 0.6 is 0 Å². The third-order valence-electron chi connectivity index (χ3n) is 7.16. The zero-order valence-corrected chi connectivity index (χ0v) is 19.9. The molecule has 0 spiro atoms. The van der Waals surface area contributed by atoms with E-state index in [2.05, 4.69) is 146 Å². The summed E-state index contributed by atoms with van der Waals surface area (Å²) in [6, 6.07) is 52.9. The molecule has 36 heavy (non-hydrogen) atoms. The second kappa shape index (κ2) is 8.52. The fourth-order valence-electron chi connectivity index (χ4n) is 5.34. The smallest absolute Gasteiger partial charge is 0.00988 e. The van der Waals surface area contributed by atoms with Gasteiger partial charge in [0.1, 0.15) is 0 Å². The first kappa shape index (κ1) is 20.7. The molecule has 0 saturated carbocycles. The van der Waals surface area contributed by atoms with Crippen LogP contribution in [-0.4, -0.2) is 0 Å². The number of fused-ring (bicyclic) bond motifs is 3. The van der Waals surface area contributed by atoms with Crippen molar-refractivity contribution in [2.24, 2.45) is 0 Å². The van der Waals surface area contributed by atoms with Crippen LogP contribution in [0.1, 0.15) is 0 Å². The second-order valence-electron chi connectivity index (χ2n) is 9.46. The van der Waals surface area contributed by atoms with Gasteiger partial charge in [-0.25, -0.2) is 0 Å². The van der Waals surface area contributed by atoms with Gasteiger partial charge >= 0.3 is 0 Å². The van der Waals surface area contributed by atoms with E-state index < -0.39 is 0 Å². The van der Waals surface area contributed by atoms with Gasteiger partial charge in [-0.2, -0.15) is 0 Å². The van der Waals surface area contributed by atoms with Crippen molar-refractivity contribution in [1.82, 2.24) is 0 Å². The average Bonchev–Trinajstić information content (AvgIpc) is 3.45. The standard InChI is InChI=1S/C36H24/c1-4-10-25-18-32(19-26(25)11-5-1)31-16-17-35(33-20-27-12-6-2-7-13-28(27)21-33)36(24-31)34-22-29-14-8-3-9-15-30(29)23-34/h1-24H. The molecular formula is C36H24. The molecule has 1 aromatic rings. The van der Waals surface area contributed by atoms with E-state index in [1.807, 2.05) is 0 Å². The molecule has 0 bridgehead atoms. The lowest BCUT2D eigenvalue weighted by Crippen LogP contribution is -1.84. The van der Waals surface area contributed by atoms with E-state index in [-0.39, 0.29) is 0 Å². The lowest BCUT2D eigenvalue weighted by molar-refractivity contribution is 1.63. The van der Waals surface area contributed by atoms with Crippen LogP contribution in [0.2, 0.25) is 0 Å². The van der Waals surface area contributed by atoms with Gasteiger partial charge in [0.05, 0.1) is 0 Å². The summed E-state index contributed by atoms with van der Waals surface area (Å²) < 4.78 is 0. The van der Waals surface area contributed by atoms with E-state index in [0.29, 0.717) is 0 Å². The predicted octanol–water partition coefficient (Wildman–Crippen LogP) is 10.0. The Morgan fingerprint density at radius 2 is 0.528 bits per heavy atom. The molecule has 1 aromatic carbocycles. The summed E-state index contributed by atoms with van der Waals surface area (Å²) >= 11 is 0. The van der Waals surface area contributed by atoms with E-state index in [1.54, 1.807) is 0 Å². The Kier molecular flexibility index (Phi) is 4.89. The highest BCUT2D eigenvalue weighted by atomic mass is 14.2. The fraction of sp³-hybridized carbons (Fsp3) is 0. The van der Waals surface area contributed by atoms with E-state index in [9.17, 15) is 0 Å². The lowest BCUT2D eigenvalue weighted by Gasteiger charge is -2.10. The molecule has 0 aromatic heterocycles. The van der Waals surface area contributed by atoms with Crippen molar-refractivity contribution in [2.75, 3.05) is 0 Å². The third kappa shape index (κ3) is 3.65. The number of hydrogen-bond donors (Lipinski definition) is 0. The average molecular weight is 457 g/mol. The molecule has 0 aliphatic heterocycles. The topological polar surface area (TPSA) is 0 Å². The molecule has 6 aliphatic carbocycles. The van der Waals surface area contributed by atoms with Crippen LogP contribution in [0.25, 0.3) is 66.8 Å². The molecular weight excluding hydrogens is 432 g/mol. The van der Waals surface area contributed by atoms with Gasteiger partial charge < -0.3 is 0 Å². The van der Waals surface area contributed by atoms with Crippen molar-refractivity contribution in [2.45, 2.75) is 0 Å². The van der Waals surface area contributed by atoms with E-state index in [4.69, 9.17) is 0 Å². The monoisotopic (exact) mass is 456 g/mol. The Balaban J connectivity index is 1.45. The minimum atomic E-state index is 1.24. The summed E-state index contributed by atoms with van der Waals surface area (Å²) in [5.74, 6) is 0. The van der Waals surface area contributed by atoms with Crippen molar-refractivity contribution >= 4 is 0 Å². The molecule has 6 aliphatic rings. The molecule has 0 N–H and O–H groups in total. The molecule has 0 unspecified atom stereocenters. The summed E-state index contributed by atoms with van der Waals surface area (Å²) in [5, 5.41) is 0. The third-order valence-corrected chi connectivity index (χ3v) is 7.16. The second-order valence-corrected chi connectivity index (χ2v) is 9.46. The van der Waals surface area contributed by atoms with Crippen LogP contribution in [0, 0.1) is 0 Å². The Morgan fingerprint density at radius 1 is 0.194 bits per heavy atom. The van der Waals surface area contributed by atoms with Crippen molar-refractivity contribution in [3.05, 3.63) is 146 Å². The molecule has 0 radical (unpaired) electrons. The fourth-order valence-corrected chi connectivity index (χ4v) is 5.34. The Morgan fingerprint density at radius 3 is 0.944 bits per heavy atom. The lowest BCUT2D eigenvalue weighted by atomic mass is 9.93. The van der Waals surface area contributed by atoms with Gasteiger partial charge in [0, 0.05) is 0 Å². The minimum Gasteiger partial charge on any atom is -0.0622 e. The molecule has 0 atom stereocenters. The summed E-state index contributed by atoms with van der Waals surface area (Å²) in [5.41, 5.74) is 15.1. The van der Waals surface area contributed by atoms with Crippen molar-refractivity contribution in [1.29, 1.82) is 0 Å². The Labute approximate surface area is 212 Å². The summed E-state index contributed by atoms with van der Waals surface area (Å²) in [6.45, 7) is 0. The highest BCUT2D eigenvalue weighted by molar-refractivity contribution is 5.94. The Hall–Kier alpha value is -4.68. The van der Waals surface area contributed by atoms with Gasteiger partial charge in [0.15, 0.2) is 0 Å². The van der Waals surface area contributed by atoms with Gasteiger partial charge in [-0.3, -0.25) is 0 Å². The van der Waals surface area contributed by atoms with Crippen LogP contribution in [0.3, 0.4) is 0 Å². The van der Waals surface area contributed by atoms with E-state index >= 15 is 0 Å². The zero-order valence-electron chi connectivity index (χ0n) is 19.9. The molecule has 0 heterocycles. The van der Waals surface area contributed by atoms with E-state index in [0.717, 1.165) is 0 Å². The predicted molar refractivity (Wildman–Crippen MR) is 153 cm³/mol. The minimum absolute atomic E-state index is 1.24. The first-order valence-corrected chi connectivity index (χ1v) is 12.4. The molecule has 0 fully saturated rings. The van der Waals surface area contributed by atoms with Crippen LogP contribution < -0.4 is 0 Å². The molecule has 0 heteroatoms. The maximum atomic E-state index is 2.37. The molecule has 0 amide bonds. The first-order chi connectivity index (χ1) is 17.8.